The van der Waals surface area contributed by atoms with E-state index in [9.17, 15) is 4.39 Å². The highest BCUT2D eigenvalue weighted by molar-refractivity contribution is 5.62. The van der Waals surface area contributed by atoms with Gasteiger partial charge in [-0.15, -0.1) is 0 Å². The van der Waals surface area contributed by atoms with Crippen molar-refractivity contribution in [3.63, 3.8) is 0 Å². The van der Waals surface area contributed by atoms with Crippen molar-refractivity contribution in [2.24, 2.45) is 7.05 Å². The minimum Gasteiger partial charge on any atom is -0.298 e. The van der Waals surface area contributed by atoms with E-state index in [0.29, 0.717) is 12.6 Å². The first kappa shape index (κ1) is 19.8. The van der Waals surface area contributed by atoms with Crippen LogP contribution in [0.4, 0.5) is 4.39 Å². The van der Waals surface area contributed by atoms with E-state index in [1.54, 1.807) is 12.1 Å². The van der Waals surface area contributed by atoms with Crippen molar-refractivity contribution >= 4 is 0 Å². The Bertz CT molecular complexity index is 937. The summed E-state index contributed by atoms with van der Waals surface area (Å²) in [7, 11) is 4.17. The van der Waals surface area contributed by atoms with Crippen LogP contribution in [0.2, 0.25) is 0 Å². The Morgan fingerprint density at radius 1 is 1.07 bits per heavy atom. The number of likely N-dealkylation sites (tertiary alicyclic amines) is 1. The summed E-state index contributed by atoms with van der Waals surface area (Å²) in [5.41, 5.74) is 4.24. The van der Waals surface area contributed by atoms with Crippen molar-refractivity contribution in [3.05, 3.63) is 77.7 Å². The zero-order chi connectivity index (χ0) is 20.2. The van der Waals surface area contributed by atoms with Crippen LogP contribution in [0.3, 0.4) is 0 Å². The highest BCUT2D eigenvalue weighted by Crippen LogP contribution is 2.25. The van der Waals surface area contributed by atoms with Gasteiger partial charge in [0.05, 0.1) is 5.69 Å². The van der Waals surface area contributed by atoms with E-state index in [-0.39, 0.29) is 5.82 Å². The molecule has 1 aliphatic heterocycles. The molecule has 0 spiro atoms. The molecule has 29 heavy (non-hydrogen) atoms. The van der Waals surface area contributed by atoms with Gasteiger partial charge in [-0.3, -0.25) is 14.5 Å². The number of aromatic nitrogens is 2. The van der Waals surface area contributed by atoms with E-state index in [0.717, 1.165) is 42.9 Å². The maximum atomic E-state index is 14.0. The van der Waals surface area contributed by atoms with Crippen LogP contribution >= 0.6 is 0 Å². The lowest BCUT2D eigenvalue weighted by molar-refractivity contribution is 0.106. The number of hydrogen-bond acceptors (Lipinski definition) is 3. The second kappa shape index (κ2) is 8.89. The Kier molecular flexibility index (Phi) is 6.07. The van der Waals surface area contributed by atoms with Crippen LogP contribution in [-0.4, -0.2) is 45.8 Å². The quantitative estimate of drug-likeness (QED) is 0.624. The van der Waals surface area contributed by atoms with Crippen LogP contribution in [0.1, 0.15) is 24.0 Å². The molecule has 1 aliphatic rings. The third kappa shape index (κ3) is 4.74. The van der Waals surface area contributed by atoms with Crippen molar-refractivity contribution in [2.45, 2.75) is 32.0 Å². The zero-order valence-corrected chi connectivity index (χ0v) is 17.3. The van der Waals surface area contributed by atoms with Crippen LogP contribution in [-0.2, 0) is 20.1 Å². The molecule has 0 radical (unpaired) electrons. The molecule has 1 unspecified atom stereocenters. The summed E-state index contributed by atoms with van der Waals surface area (Å²) in [6, 6.07) is 17.9. The summed E-state index contributed by atoms with van der Waals surface area (Å²) in [6.45, 7) is 3.53. The van der Waals surface area contributed by atoms with Gasteiger partial charge in [0.1, 0.15) is 5.82 Å². The summed E-state index contributed by atoms with van der Waals surface area (Å²) in [5, 5.41) is 4.70. The molecule has 4 rings (SSSR count). The second-order valence-corrected chi connectivity index (χ2v) is 8.08. The molecular weight excluding hydrogens is 363 g/mol. The Morgan fingerprint density at radius 3 is 2.62 bits per heavy atom. The number of piperidine rings is 1. The summed E-state index contributed by atoms with van der Waals surface area (Å²) in [5.74, 6) is -0.106. The highest BCUT2D eigenvalue weighted by atomic mass is 19.1. The number of aryl methyl sites for hydroxylation is 1. The highest BCUT2D eigenvalue weighted by Gasteiger charge is 2.25. The number of halogens is 1. The molecule has 152 valence electrons. The van der Waals surface area contributed by atoms with Gasteiger partial charge >= 0.3 is 0 Å². The summed E-state index contributed by atoms with van der Waals surface area (Å²) < 4.78 is 15.9. The second-order valence-electron chi connectivity index (χ2n) is 8.08. The summed E-state index contributed by atoms with van der Waals surface area (Å²) in [6.07, 6.45) is 4.44. The fourth-order valence-corrected chi connectivity index (χ4v) is 4.29. The maximum absolute atomic E-state index is 14.0. The number of hydrogen-bond donors (Lipinski definition) is 0. The third-order valence-electron chi connectivity index (χ3n) is 5.83. The molecule has 2 aromatic carbocycles. The Morgan fingerprint density at radius 2 is 1.83 bits per heavy atom. The molecule has 1 fully saturated rings. The molecule has 0 bridgehead atoms. The molecule has 5 heteroatoms. The third-order valence-corrected chi connectivity index (χ3v) is 5.83. The molecule has 1 atom stereocenters. The Balaban J connectivity index is 1.44. The van der Waals surface area contributed by atoms with Crippen molar-refractivity contribution in [3.8, 4) is 11.3 Å². The average Bonchev–Trinajstić information content (AvgIpc) is 3.10. The normalized spacial score (nSPS) is 17.7. The van der Waals surface area contributed by atoms with Gasteiger partial charge in [-0.25, -0.2) is 4.39 Å². The smallest absolute Gasteiger partial charge is 0.127 e. The van der Waals surface area contributed by atoms with E-state index in [2.05, 4.69) is 47.3 Å². The number of nitrogens with zero attached hydrogens (tertiary/aromatic N) is 4. The first-order valence-electron chi connectivity index (χ1n) is 10.3. The van der Waals surface area contributed by atoms with Gasteiger partial charge in [-0.05, 0) is 32.5 Å². The molecule has 1 aromatic heterocycles. The monoisotopic (exact) mass is 392 g/mol. The van der Waals surface area contributed by atoms with Crippen LogP contribution < -0.4 is 0 Å². The lowest BCUT2D eigenvalue weighted by atomic mass is 10.0. The molecule has 0 saturated carbocycles. The van der Waals surface area contributed by atoms with Gasteiger partial charge < -0.3 is 0 Å². The zero-order valence-electron chi connectivity index (χ0n) is 17.3. The average molecular weight is 393 g/mol. The Labute approximate surface area is 172 Å². The van der Waals surface area contributed by atoms with Gasteiger partial charge in [0.25, 0.3) is 0 Å². The fraction of sp³-hybridized carbons (Fsp3) is 0.375. The van der Waals surface area contributed by atoms with Gasteiger partial charge in [-0.1, -0.05) is 48.5 Å². The first-order valence-corrected chi connectivity index (χ1v) is 10.3. The van der Waals surface area contributed by atoms with E-state index in [4.69, 9.17) is 5.10 Å². The first-order chi connectivity index (χ1) is 14.1. The van der Waals surface area contributed by atoms with E-state index in [1.807, 2.05) is 29.9 Å². The molecule has 0 amide bonds. The number of rotatable bonds is 6. The minimum atomic E-state index is -0.106. The Hall–Kier alpha value is -2.50. The summed E-state index contributed by atoms with van der Waals surface area (Å²) in [4.78, 5) is 4.81. The van der Waals surface area contributed by atoms with Crippen LogP contribution in [0.5, 0.6) is 0 Å². The van der Waals surface area contributed by atoms with Crippen molar-refractivity contribution in [1.82, 2.24) is 19.6 Å². The van der Waals surface area contributed by atoms with E-state index < -0.39 is 0 Å². The SMILES string of the molecule is CN(Cc1cn(C)nc1-c1ccccc1)C1CCCN(Cc2ccccc2F)C1. The molecule has 4 nitrogen and oxygen atoms in total. The van der Waals surface area contributed by atoms with Crippen LogP contribution in [0.15, 0.2) is 60.8 Å². The molecule has 2 heterocycles. The standard InChI is InChI=1S/C24H29FN4/c1-27(15-21-16-28(2)26-24(21)19-9-4-3-5-10-19)22-12-8-14-29(18-22)17-20-11-6-7-13-23(20)25/h3-7,9-11,13,16,22H,8,12,14-15,17-18H2,1-2H3. The predicted molar refractivity (Wildman–Crippen MR) is 115 cm³/mol. The van der Waals surface area contributed by atoms with Crippen LogP contribution in [0, 0.1) is 5.82 Å². The van der Waals surface area contributed by atoms with Gasteiger partial charge in [0.15, 0.2) is 0 Å². The van der Waals surface area contributed by atoms with Crippen LogP contribution in [0.25, 0.3) is 11.3 Å². The summed E-state index contributed by atoms with van der Waals surface area (Å²) >= 11 is 0. The maximum Gasteiger partial charge on any atom is 0.127 e. The van der Waals surface area contributed by atoms with Crippen molar-refractivity contribution in [2.75, 3.05) is 20.1 Å². The molecule has 1 saturated heterocycles. The van der Waals surface area contributed by atoms with E-state index >= 15 is 0 Å². The van der Waals surface area contributed by atoms with Gasteiger partial charge in [-0.2, -0.15) is 5.10 Å². The molecular formula is C24H29FN4. The topological polar surface area (TPSA) is 24.3 Å². The van der Waals surface area contributed by atoms with Crippen molar-refractivity contribution < 1.29 is 4.39 Å². The van der Waals surface area contributed by atoms with E-state index in [1.165, 1.54) is 12.0 Å². The van der Waals surface area contributed by atoms with Gasteiger partial charge in [0, 0.05) is 55.6 Å². The van der Waals surface area contributed by atoms with Gasteiger partial charge in [0.2, 0.25) is 0 Å². The predicted octanol–water partition coefficient (Wildman–Crippen LogP) is 4.32. The number of benzene rings is 2. The number of likely N-dealkylation sites (N-methyl/N-ethyl adjacent to an activating group) is 1. The minimum absolute atomic E-state index is 0.106. The molecule has 0 N–H and O–H groups in total. The molecule has 3 aromatic rings. The molecule has 0 aliphatic carbocycles. The largest absolute Gasteiger partial charge is 0.298 e. The van der Waals surface area contributed by atoms with Crippen molar-refractivity contribution in [1.29, 1.82) is 0 Å². The lowest BCUT2D eigenvalue weighted by Crippen LogP contribution is -2.45. The lowest BCUT2D eigenvalue weighted by Gasteiger charge is -2.37. The fourth-order valence-electron chi connectivity index (χ4n) is 4.29.